The van der Waals surface area contributed by atoms with E-state index in [0.717, 1.165) is 11.1 Å². The maximum Gasteiger partial charge on any atom is 0.123 e. The van der Waals surface area contributed by atoms with E-state index in [1.54, 1.807) is 6.07 Å². The van der Waals surface area contributed by atoms with E-state index in [2.05, 4.69) is 5.32 Å². The van der Waals surface area contributed by atoms with E-state index in [4.69, 9.17) is 23.2 Å². The van der Waals surface area contributed by atoms with Gasteiger partial charge in [-0.3, -0.25) is 5.32 Å². The van der Waals surface area contributed by atoms with E-state index in [0.29, 0.717) is 10.1 Å². The average Bonchev–Trinajstić information content (AvgIpc) is 2.65. The van der Waals surface area contributed by atoms with Gasteiger partial charge in [-0.05, 0) is 23.3 Å². The summed E-state index contributed by atoms with van der Waals surface area (Å²) in [4.78, 5) is 0. The molecule has 2 atom stereocenters. The van der Waals surface area contributed by atoms with Gasteiger partial charge < -0.3 is 0 Å². The van der Waals surface area contributed by atoms with Crippen molar-refractivity contribution in [3.05, 3.63) is 45.2 Å². The van der Waals surface area contributed by atoms with Crippen LogP contribution in [0.15, 0.2) is 28.3 Å². The summed E-state index contributed by atoms with van der Waals surface area (Å²) in [7, 11) is 0. The van der Waals surface area contributed by atoms with Crippen LogP contribution in [0.3, 0.4) is 0 Å². The third-order valence-corrected chi connectivity index (χ3v) is 3.68. The molecule has 2 aliphatic heterocycles. The molecule has 0 saturated heterocycles. The SMILES string of the molecule is Fc1ccc2c(c1)C1NC2C(Cl)=C1Cl. The largest absolute Gasteiger partial charge is 0.294 e. The molecule has 2 bridgehead atoms. The van der Waals surface area contributed by atoms with E-state index < -0.39 is 0 Å². The van der Waals surface area contributed by atoms with Crippen LogP contribution in [0.1, 0.15) is 23.2 Å². The first-order chi connectivity index (χ1) is 6.68. The molecule has 0 fully saturated rings. The second-order valence-corrected chi connectivity index (χ2v) is 4.32. The quantitative estimate of drug-likeness (QED) is 0.721. The zero-order chi connectivity index (χ0) is 9.87. The summed E-state index contributed by atoms with van der Waals surface area (Å²) in [6.07, 6.45) is 0. The van der Waals surface area contributed by atoms with Crippen LogP contribution in [0, 0.1) is 5.82 Å². The van der Waals surface area contributed by atoms with Crippen LogP contribution in [-0.2, 0) is 0 Å². The minimum atomic E-state index is -0.237. The van der Waals surface area contributed by atoms with Gasteiger partial charge in [0, 0.05) is 0 Å². The van der Waals surface area contributed by atoms with Gasteiger partial charge in [-0.2, -0.15) is 0 Å². The van der Waals surface area contributed by atoms with Gasteiger partial charge in [0.05, 0.1) is 22.1 Å². The van der Waals surface area contributed by atoms with Crippen molar-refractivity contribution in [2.45, 2.75) is 12.1 Å². The van der Waals surface area contributed by atoms with Crippen LogP contribution in [-0.4, -0.2) is 0 Å². The Labute approximate surface area is 90.5 Å². The molecule has 0 amide bonds. The molecule has 1 aromatic rings. The highest BCUT2D eigenvalue weighted by Gasteiger charge is 2.41. The van der Waals surface area contributed by atoms with Gasteiger partial charge >= 0.3 is 0 Å². The lowest BCUT2D eigenvalue weighted by atomic mass is 9.96. The maximum atomic E-state index is 13.0. The smallest absolute Gasteiger partial charge is 0.123 e. The standard InChI is InChI=1S/C10H6Cl2FN/c11-7-8(12)10-6-3-4(13)1-2-5(6)9(7)14-10/h1-3,9-10,14H. The number of benzene rings is 1. The molecule has 72 valence electrons. The van der Waals surface area contributed by atoms with Crippen molar-refractivity contribution in [3.63, 3.8) is 0 Å². The van der Waals surface area contributed by atoms with Gasteiger partial charge in [-0.15, -0.1) is 0 Å². The Morgan fingerprint density at radius 2 is 1.71 bits per heavy atom. The lowest BCUT2D eigenvalue weighted by Gasteiger charge is -2.13. The highest BCUT2D eigenvalue weighted by Crippen LogP contribution is 2.51. The van der Waals surface area contributed by atoms with Crippen molar-refractivity contribution in [2.75, 3.05) is 0 Å². The average molecular weight is 230 g/mol. The van der Waals surface area contributed by atoms with Crippen LogP contribution >= 0.6 is 23.2 Å². The molecule has 1 aromatic carbocycles. The fourth-order valence-corrected chi connectivity index (χ4v) is 2.68. The van der Waals surface area contributed by atoms with Crippen molar-refractivity contribution >= 4 is 23.2 Å². The fraction of sp³-hybridized carbons (Fsp3) is 0.200. The number of hydrogen-bond acceptors (Lipinski definition) is 1. The van der Waals surface area contributed by atoms with E-state index in [1.165, 1.54) is 12.1 Å². The van der Waals surface area contributed by atoms with Crippen molar-refractivity contribution in [3.8, 4) is 0 Å². The topological polar surface area (TPSA) is 12.0 Å². The molecule has 0 aliphatic carbocycles. The van der Waals surface area contributed by atoms with Crippen molar-refractivity contribution < 1.29 is 4.39 Å². The maximum absolute atomic E-state index is 13.0. The summed E-state index contributed by atoms with van der Waals surface area (Å²) in [6, 6.07) is 4.57. The zero-order valence-electron chi connectivity index (χ0n) is 7.02. The van der Waals surface area contributed by atoms with E-state index >= 15 is 0 Å². The molecule has 2 aliphatic rings. The lowest BCUT2D eigenvalue weighted by molar-refractivity contribution is 0.623. The van der Waals surface area contributed by atoms with E-state index in [9.17, 15) is 4.39 Å². The molecule has 4 heteroatoms. The van der Waals surface area contributed by atoms with E-state index in [-0.39, 0.29) is 17.9 Å². The first-order valence-electron chi connectivity index (χ1n) is 4.29. The monoisotopic (exact) mass is 229 g/mol. The lowest BCUT2D eigenvalue weighted by Crippen LogP contribution is -2.09. The molecule has 1 N–H and O–H groups in total. The van der Waals surface area contributed by atoms with Crippen molar-refractivity contribution in [1.29, 1.82) is 0 Å². The molecule has 2 heterocycles. The summed E-state index contributed by atoms with van der Waals surface area (Å²) >= 11 is 12.0. The zero-order valence-corrected chi connectivity index (χ0v) is 8.53. The van der Waals surface area contributed by atoms with E-state index in [1.807, 2.05) is 0 Å². The number of fused-ring (bicyclic) bond motifs is 5. The second kappa shape index (κ2) is 2.72. The van der Waals surface area contributed by atoms with Crippen molar-refractivity contribution in [2.24, 2.45) is 0 Å². The number of rotatable bonds is 0. The number of halogens is 3. The molecule has 0 saturated carbocycles. The Balaban J connectivity index is 2.22. The highest BCUT2D eigenvalue weighted by atomic mass is 35.5. The molecule has 0 spiro atoms. The molecular weight excluding hydrogens is 224 g/mol. The van der Waals surface area contributed by atoms with Gasteiger partial charge in [0.1, 0.15) is 5.82 Å². The van der Waals surface area contributed by atoms with Crippen LogP contribution in [0.25, 0.3) is 0 Å². The molecule has 14 heavy (non-hydrogen) atoms. The summed E-state index contributed by atoms with van der Waals surface area (Å²) in [5.41, 5.74) is 1.94. The van der Waals surface area contributed by atoms with Crippen LogP contribution < -0.4 is 5.32 Å². The normalized spacial score (nSPS) is 28.5. The Morgan fingerprint density at radius 1 is 1.07 bits per heavy atom. The third kappa shape index (κ3) is 0.937. The van der Waals surface area contributed by atoms with Gasteiger partial charge in [-0.1, -0.05) is 29.3 Å². The summed E-state index contributed by atoms with van der Waals surface area (Å²) < 4.78 is 13.0. The van der Waals surface area contributed by atoms with Gasteiger partial charge in [-0.25, -0.2) is 4.39 Å². The minimum Gasteiger partial charge on any atom is -0.294 e. The summed E-state index contributed by atoms with van der Waals surface area (Å²) in [6.45, 7) is 0. The van der Waals surface area contributed by atoms with Crippen molar-refractivity contribution in [1.82, 2.24) is 5.32 Å². The Bertz CT molecular complexity index is 455. The number of nitrogens with one attached hydrogen (secondary N) is 1. The first-order valence-corrected chi connectivity index (χ1v) is 5.04. The summed E-state index contributed by atoms with van der Waals surface area (Å²) in [5, 5.41) is 4.44. The molecule has 0 radical (unpaired) electrons. The summed E-state index contributed by atoms with van der Waals surface area (Å²) in [5.74, 6) is -0.237. The number of hydrogen-bond donors (Lipinski definition) is 1. The van der Waals surface area contributed by atoms with Gasteiger partial charge in [0.25, 0.3) is 0 Å². The highest BCUT2D eigenvalue weighted by molar-refractivity contribution is 6.40. The Morgan fingerprint density at radius 3 is 2.43 bits per heavy atom. The molecule has 2 unspecified atom stereocenters. The van der Waals surface area contributed by atoms with Gasteiger partial charge in [0.2, 0.25) is 0 Å². The van der Waals surface area contributed by atoms with Gasteiger partial charge in [0.15, 0.2) is 0 Å². The Hall–Kier alpha value is -0.570. The second-order valence-electron chi connectivity index (χ2n) is 3.50. The van der Waals surface area contributed by atoms with Crippen LogP contribution in [0.2, 0.25) is 0 Å². The van der Waals surface area contributed by atoms with Crippen LogP contribution in [0.5, 0.6) is 0 Å². The predicted molar refractivity (Wildman–Crippen MR) is 53.7 cm³/mol. The molecule has 3 rings (SSSR count). The predicted octanol–water partition coefficient (Wildman–Crippen LogP) is 3.21. The molecule has 1 nitrogen and oxygen atoms in total. The molecule has 0 aromatic heterocycles. The minimum absolute atomic E-state index is 0.0373. The third-order valence-electron chi connectivity index (χ3n) is 2.74. The fourth-order valence-electron chi connectivity index (χ4n) is 2.10. The Kier molecular flexibility index (Phi) is 1.69. The first kappa shape index (κ1) is 8.72. The molecular formula is C10H6Cl2FN. The van der Waals surface area contributed by atoms with Crippen LogP contribution in [0.4, 0.5) is 4.39 Å².